The SMILES string of the molecule is CCC(NC(=O)c1c(C)n[nH]c1C)C(=O)O. The maximum Gasteiger partial charge on any atom is 0.326 e. The second kappa shape index (κ2) is 4.78. The average Bonchev–Trinajstić information content (AvgIpc) is 2.54. The van der Waals surface area contributed by atoms with Gasteiger partial charge < -0.3 is 10.4 Å². The number of carboxylic acid groups (broad SMARTS) is 1. The van der Waals surface area contributed by atoms with Crippen molar-refractivity contribution in [1.29, 1.82) is 0 Å². The van der Waals surface area contributed by atoms with E-state index in [1.807, 2.05) is 0 Å². The van der Waals surface area contributed by atoms with Crippen LogP contribution < -0.4 is 5.32 Å². The molecule has 0 aliphatic heterocycles. The largest absolute Gasteiger partial charge is 0.480 e. The monoisotopic (exact) mass is 225 g/mol. The van der Waals surface area contributed by atoms with Gasteiger partial charge in [-0.1, -0.05) is 6.92 Å². The molecule has 0 bridgehead atoms. The van der Waals surface area contributed by atoms with Crippen LogP contribution in [0.2, 0.25) is 0 Å². The van der Waals surface area contributed by atoms with Gasteiger partial charge in [0.1, 0.15) is 6.04 Å². The van der Waals surface area contributed by atoms with Crippen molar-refractivity contribution in [3.8, 4) is 0 Å². The van der Waals surface area contributed by atoms with Crippen LogP contribution in [0.4, 0.5) is 0 Å². The molecule has 0 aliphatic rings. The number of rotatable bonds is 4. The molecular formula is C10H15N3O3. The van der Waals surface area contributed by atoms with Crippen molar-refractivity contribution in [3.63, 3.8) is 0 Å². The van der Waals surface area contributed by atoms with E-state index in [0.29, 0.717) is 23.4 Å². The highest BCUT2D eigenvalue weighted by Gasteiger charge is 2.21. The minimum Gasteiger partial charge on any atom is -0.480 e. The zero-order valence-electron chi connectivity index (χ0n) is 9.50. The number of carboxylic acids is 1. The molecule has 1 heterocycles. The quantitative estimate of drug-likeness (QED) is 0.700. The number of H-pyrrole nitrogens is 1. The lowest BCUT2D eigenvalue weighted by Gasteiger charge is -2.12. The minimum absolute atomic E-state index is 0.344. The number of aliphatic carboxylic acids is 1. The van der Waals surface area contributed by atoms with Gasteiger partial charge in [0.25, 0.3) is 5.91 Å². The number of carbonyl (C=O) groups excluding carboxylic acids is 1. The Morgan fingerprint density at radius 2 is 2.12 bits per heavy atom. The normalized spacial score (nSPS) is 12.2. The Morgan fingerprint density at radius 1 is 1.50 bits per heavy atom. The number of nitrogens with zero attached hydrogens (tertiary/aromatic N) is 1. The second-order valence-electron chi connectivity index (χ2n) is 3.58. The fraction of sp³-hybridized carbons (Fsp3) is 0.500. The molecule has 3 N–H and O–H groups in total. The molecule has 0 aliphatic carbocycles. The van der Waals surface area contributed by atoms with Crippen LogP contribution in [0, 0.1) is 13.8 Å². The Hall–Kier alpha value is -1.85. The first kappa shape index (κ1) is 12.2. The van der Waals surface area contributed by atoms with Crippen molar-refractivity contribution < 1.29 is 14.7 Å². The van der Waals surface area contributed by atoms with Gasteiger partial charge in [0, 0.05) is 5.69 Å². The van der Waals surface area contributed by atoms with Gasteiger partial charge in [-0.05, 0) is 20.3 Å². The Morgan fingerprint density at radius 3 is 2.50 bits per heavy atom. The van der Waals surface area contributed by atoms with Crippen LogP contribution in [0.15, 0.2) is 0 Å². The fourth-order valence-corrected chi connectivity index (χ4v) is 1.45. The van der Waals surface area contributed by atoms with Crippen molar-refractivity contribution in [2.24, 2.45) is 0 Å². The van der Waals surface area contributed by atoms with Gasteiger partial charge in [-0.2, -0.15) is 5.10 Å². The number of hydrogen-bond donors (Lipinski definition) is 3. The van der Waals surface area contributed by atoms with Crippen LogP contribution >= 0.6 is 0 Å². The van der Waals surface area contributed by atoms with Crippen LogP contribution in [0.5, 0.6) is 0 Å². The number of hydrogen-bond acceptors (Lipinski definition) is 3. The van der Waals surface area contributed by atoms with Gasteiger partial charge in [0.05, 0.1) is 11.3 Å². The van der Waals surface area contributed by atoms with Crippen LogP contribution in [-0.4, -0.2) is 33.2 Å². The van der Waals surface area contributed by atoms with Crippen molar-refractivity contribution in [1.82, 2.24) is 15.5 Å². The number of nitrogens with one attached hydrogen (secondary N) is 2. The molecule has 1 unspecified atom stereocenters. The van der Waals surface area contributed by atoms with E-state index in [0.717, 1.165) is 0 Å². The zero-order valence-corrected chi connectivity index (χ0v) is 9.50. The van der Waals surface area contributed by atoms with Gasteiger partial charge in [-0.15, -0.1) is 0 Å². The van der Waals surface area contributed by atoms with Gasteiger partial charge in [-0.25, -0.2) is 4.79 Å². The van der Waals surface area contributed by atoms with Crippen molar-refractivity contribution in [3.05, 3.63) is 17.0 Å². The summed E-state index contributed by atoms with van der Waals surface area (Å²) in [6.45, 7) is 5.12. The Balaban J connectivity index is 2.84. The topological polar surface area (TPSA) is 95.1 Å². The summed E-state index contributed by atoms with van der Waals surface area (Å²) in [6, 6.07) is -0.860. The van der Waals surface area contributed by atoms with Crippen LogP contribution in [0.25, 0.3) is 0 Å². The van der Waals surface area contributed by atoms with Gasteiger partial charge in [0.15, 0.2) is 0 Å². The molecule has 1 amide bonds. The molecule has 0 saturated carbocycles. The molecule has 0 aromatic carbocycles. The highest BCUT2D eigenvalue weighted by atomic mass is 16.4. The Bertz CT molecular complexity index is 392. The summed E-state index contributed by atoms with van der Waals surface area (Å²) in [5, 5.41) is 17.8. The van der Waals surface area contributed by atoms with E-state index < -0.39 is 17.9 Å². The zero-order chi connectivity index (χ0) is 12.3. The lowest BCUT2D eigenvalue weighted by molar-refractivity contribution is -0.139. The lowest BCUT2D eigenvalue weighted by Crippen LogP contribution is -2.40. The third kappa shape index (κ3) is 2.39. The average molecular weight is 225 g/mol. The van der Waals surface area contributed by atoms with E-state index in [9.17, 15) is 9.59 Å². The third-order valence-corrected chi connectivity index (χ3v) is 2.37. The summed E-state index contributed by atoms with van der Waals surface area (Å²) in [7, 11) is 0. The third-order valence-electron chi connectivity index (χ3n) is 2.37. The standard InChI is InChI=1S/C10H15N3O3/c1-4-7(10(15)16)11-9(14)8-5(2)12-13-6(8)3/h7H,4H2,1-3H3,(H,11,14)(H,12,13)(H,15,16). The summed E-state index contributed by atoms with van der Waals surface area (Å²) in [4.78, 5) is 22.6. The summed E-state index contributed by atoms with van der Waals surface area (Å²) in [5.41, 5.74) is 1.62. The van der Waals surface area contributed by atoms with E-state index in [4.69, 9.17) is 5.11 Å². The highest BCUT2D eigenvalue weighted by Crippen LogP contribution is 2.09. The number of aromatic amines is 1. The maximum absolute atomic E-state index is 11.8. The Labute approximate surface area is 93.1 Å². The summed E-state index contributed by atoms with van der Waals surface area (Å²) in [5.74, 6) is -1.44. The van der Waals surface area contributed by atoms with Crippen molar-refractivity contribution in [2.75, 3.05) is 0 Å². The number of carbonyl (C=O) groups is 2. The highest BCUT2D eigenvalue weighted by molar-refractivity contribution is 5.98. The molecule has 0 spiro atoms. The molecule has 1 rings (SSSR count). The predicted octanol–water partition coefficient (Wildman–Crippen LogP) is 0.620. The van der Waals surface area contributed by atoms with E-state index in [1.165, 1.54) is 0 Å². The van der Waals surface area contributed by atoms with Crippen molar-refractivity contribution >= 4 is 11.9 Å². The molecule has 0 saturated heterocycles. The van der Waals surface area contributed by atoms with E-state index >= 15 is 0 Å². The molecule has 6 heteroatoms. The van der Waals surface area contributed by atoms with E-state index in [2.05, 4.69) is 15.5 Å². The fourth-order valence-electron chi connectivity index (χ4n) is 1.45. The first-order valence-corrected chi connectivity index (χ1v) is 5.02. The van der Waals surface area contributed by atoms with E-state index in [1.54, 1.807) is 20.8 Å². The van der Waals surface area contributed by atoms with Gasteiger partial charge >= 0.3 is 5.97 Å². The Kier molecular flexibility index (Phi) is 3.65. The molecule has 88 valence electrons. The molecule has 0 fully saturated rings. The summed E-state index contributed by atoms with van der Waals surface area (Å²) in [6.07, 6.45) is 0.344. The number of aryl methyl sites for hydroxylation is 2. The minimum atomic E-state index is -1.03. The first-order valence-electron chi connectivity index (χ1n) is 5.02. The molecule has 1 aromatic heterocycles. The van der Waals surface area contributed by atoms with Crippen LogP contribution in [0.1, 0.15) is 35.1 Å². The molecule has 6 nitrogen and oxygen atoms in total. The van der Waals surface area contributed by atoms with Crippen molar-refractivity contribution in [2.45, 2.75) is 33.2 Å². The second-order valence-corrected chi connectivity index (χ2v) is 3.58. The van der Waals surface area contributed by atoms with E-state index in [-0.39, 0.29) is 0 Å². The summed E-state index contributed by atoms with van der Waals surface area (Å²) >= 11 is 0. The molecule has 0 radical (unpaired) electrons. The lowest BCUT2D eigenvalue weighted by atomic mass is 10.1. The first-order chi connectivity index (χ1) is 7.47. The smallest absolute Gasteiger partial charge is 0.326 e. The van der Waals surface area contributed by atoms with Crippen LogP contribution in [-0.2, 0) is 4.79 Å². The molecule has 1 atom stereocenters. The predicted molar refractivity (Wildman–Crippen MR) is 57.2 cm³/mol. The maximum atomic E-state index is 11.8. The number of aromatic nitrogens is 2. The molecular weight excluding hydrogens is 210 g/mol. The molecule has 16 heavy (non-hydrogen) atoms. The van der Waals surface area contributed by atoms with Crippen LogP contribution in [0.3, 0.4) is 0 Å². The van der Waals surface area contributed by atoms with Gasteiger partial charge in [0.2, 0.25) is 0 Å². The molecule has 1 aromatic rings. The van der Waals surface area contributed by atoms with Gasteiger partial charge in [-0.3, -0.25) is 9.89 Å². The number of amides is 1. The summed E-state index contributed by atoms with van der Waals surface area (Å²) < 4.78 is 0.